The lowest BCUT2D eigenvalue weighted by Gasteiger charge is -2.22. The van der Waals surface area contributed by atoms with Crippen LogP contribution in [0, 0.1) is 0 Å². The van der Waals surface area contributed by atoms with Crippen molar-refractivity contribution in [3.63, 3.8) is 0 Å². The third kappa shape index (κ3) is 5.07. The van der Waals surface area contributed by atoms with Crippen molar-refractivity contribution in [2.45, 2.75) is 44.6 Å². The second kappa shape index (κ2) is 9.57. The third-order valence-corrected chi connectivity index (χ3v) is 5.84. The quantitative estimate of drug-likeness (QED) is 0.509. The number of fused-ring (bicyclic) bond motifs is 1. The van der Waals surface area contributed by atoms with Crippen LogP contribution in [-0.2, 0) is 0 Å². The number of nitrogens with one attached hydrogen (secondary N) is 2. The van der Waals surface area contributed by atoms with Crippen molar-refractivity contribution >= 4 is 28.2 Å². The number of carbonyl (C=O) groups excluding carboxylic acids is 2. The number of hydrogen-bond acceptors (Lipinski definition) is 3. The molecule has 4 heteroatoms. The van der Waals surface area contributed by atoms with E-state index in [9.17, 15) is 9.59 Å². The van der Waals surface area contributed by atoms with Crippen LogP contribution in [0.4, 0.5) is 5.69 Å². The van der Waals surface area contributed by atoms with E-state index in [-0.39, 0.29) is 11.7 Å². The Morgan fingerprint density at radius 1 is 0.800 bits per heavy atom. The Morgan fingerprint density at radius 2 is 1.50 bits per heavy atom. The van der Waals surface area contributed by atoms with E-state index in [0.29, 0.717) is 24.6 Å². The maximum Gasteiger partial charge on any atom is 0.251 e. The van der Waals surface area contributed by atoms with E-state index in [4.69, 9.17) is 0 Å². The van der Waals surface area contributed by atoms with Crippen LogP contribution in [0.1, 0.15) is 59.2 Å². The molecule has 0 aromatic heterocycles. The molecule has 3 aromatic rings. The topological polar surface area (TPSA) is 58.2 Å². The van der Waals surface area contributed by atoms with Gasteiger partial charge in [-0.05, 0) is 53.9 Å². The van der Waals surface area contributed by atoms with Gasteiger partial charge in [-0.2, -0.15) is 0 Å². The molecule has 154 valence electrons. The highest BCUT2D eigenvalue weighted by Gasteiger charge is 2.16. The van der Waals surface area contributed by atoms with Gasteiger partial charge in [0.2, 0.25) is 0 Å². The molecule has 4 rings (SSSR count). The van der Waals surface area contributed by atoms with Gasteiger partial charge in [0.15, 0.2) is 5.78 Å². The number of anilines is 1. The normalized spacial score (nSPS) is 14.4. The van der Waals surface area contributed by atoms with Crippen molar-refractivity contribution in [1.82, 2.24) is 5.32 Å². The molecule has 4 nitrogen and oxygen atoms in total. The van der Waals surface area contributed by atoms with Gasteiger partial charge < -0.3 is 10.6 Å². The summed E-state index contributed by atoms with van der Waals surface area (Å²) in [4.78, 5) is 24.9. The summed E-state index contributed by atoms with van der Waals surface area (Å²) in [6.45, 7) is 0.555. The fourth-order valence-electron chi connectivity index (χ4n) is 4.08. The molecule has 0 spiro atoms. The zero-order valence-corrected chi connectivity index (χ0v) is 17.2. The highest BCUT2D eigenvalue weighted by Crippen LogP contribution is 2.19. The van der Waals surface area contributed by atoms with Gasteiger partial charge in [0.1, 0.15) is 0 Å². The lowest BCUT2D eigenvalue weighted by molar-refractivity contribution is 0.0926. The number of amides is 1. The van der Waals surface area contributed by atoms with E-state index in [2.05, 4.69) is 10.6 Å². The number of Topliss-reactive ketones (excluding diaryl/α,β-unsaturated/α-hetero) is 1. The van der Waals surface area contributed by atoms with Crippen molar-refractivity contribution in [2.75, 3.05) is 11.9 Å². The minimum Gasteiger partial charge on any atom is -0.385 e. The van der Waals surface area contributed by atoms with E-state index in [1.54, 1.807) is 0 Å². The van der Waals surface area contributed by atoms with Crippen LogP contribution in [-0.4, -0.2) is 24.3 Å². The first-order valence-corrected chi connectivity index (χ1v) is 10.9. The molecule has 1 amide bonds. The summed E-state index contributed by atoms with van der Waals surface area (Å²) in [5, 5.41) is 8.64. The van der Waals surface area contributed by atoms with Gasteiger partial charge in [0.25, 0.3) is 5.91 Å². The first kappa shape index (κ1) is 20.1. The van der Waals surface area contributed by atoms with E-state index in [1.807, 2.05) is 66.7 Å². The summed E-state index contributed by atoms with van der Waals surface area (Å²) in [5.41, 5.74) is 2.33. The fourth-order valence-corrected chi connectivity index (χ4v) is 4.08. The van der Waals surface area contributed by atoms with Crippen molar-refractivity contribution in [1.29, 1.82) is 0 Å². The smallest absolute Gasteiger partial charge is 0.251 e. The van der Waals surface area contributed by atoms with Crippen LogP contribution in [0.15, 0.2) is 66.7 Å². The third-order valence-electron chi connectivity index (χ3n) is 5.84. The summed E-state index contributed by atoms with van der Waals surface area (Å²) in [6.07, 6.45) is 6.25. The summed E-state index contributed by atoms with van der Waals surface area (Å²) in [5.74, 6) is 0.122. The standard InChI is InChI=1S/C26H28N2O2/c29-25(22-11-10-19-6-4-5-7-21(19)18-22)16-17-27-23-14-12-20(13-15-23)26(30)28-24-8-2-1-3-9-24/h4-7,10-15,18,24,27H,1-3,8-9,16-17H2,(H,28,30). The Balaban J connectivity index is 1.27. The summed E-state index contributed by atoms with van der Waals surface area (Å²) in [6, 6.07) is 21.7. The molecule has 1 aliphatic carbocycles. The largest absolute Gasteiger partial charge is 0.385 e. The molecular formula is C26H28N2O2. The highest BCUT2D eigenvalue weighted by molar-refractivity contribution is 6.00. The molecule has 0 unspecified atom stereocenters. The Morgan fingerprint density at radius 3 is 2.27 bits per heavy atom. The van der Waals surface area contributed by atoms with Crippen LogP contribution in [0.3, 0.4) is 0 Å². The first-order valence-electron chi connectivity index (χ1n) is 10.9. The lowest BCUT2D eigenvalue weighted by atomic mass is 9.95. The average Bonchev–Trinajstić information content (AvgIpc) is 2.79. The molecule has 0 heterocycles. The van der Waals surface area contributed by atoms with Gasteiger partial charge in [-0.3, -0.25) is 9.59 Å². The maximum absolute atomic E-state index is 12.5. The van der Waals surface area contributed by atoms with Gasteiger partial charge in [0, 0.05) is 35.8 Å². The molecule has 2 N–H and O–H groups in total. The summed E-state index contributed by atoms with van der Waals surface area (Å²) >= 11 is 0. The predicted octanol–water partition coefficient (Wildman–Crippen LogP) is 5.59. The monoisotopic (exact) mass is 400 g/mol. The van der Waals surface area contributed by atoms with E-state index in [1.165, 1.54) is 19.3 Å². The summed E-state index contributed by atoms with van der Waals surface area (Å²) < 4.78 is 0. The number of rotatable bonds is 7. The van der Waals surface area contributed by atoms with Crippen LogP contribution in [0.25, 0.3) is 10.8 Å². The summed E-state index contributed by atoms with van der Waals surface area (Å²) in [7, 11) is 0. The van der Waals surface area contributed by atoms with Gasteiger partial charge in [-0.25, -0.2) is 0 Å². The highest BCUT2D eigenvalue weighted by atomic mass is 16.1. The number of ketones is 1. The maximum atomic E-state index is 12.5. The van der Waals surface area contributed by atoms with E-state index >= 15 is 0 Å². The van der Waals surface area contributed by atoms with Crippen LogP contribution in [0.5, 0.6) is 0 Å². The van der Waals surface area contributed by atoms with Crippen LogP contribution in [0.2, 0.25) is 0 Å². The SMILES string of the molecule is O=C(CCNc1ccc(C(=O)NC2CCCCC2)cc1)c1ccc2ccccc2c1. The Bertz CT molecular complexity index is 1020. The van der Waals surface area contributed by atoms with Crippen molar-refractivity contribution in [3.8, 4) is 0 Å². The number of hydrogen-bond donors (Lipinski definition) is 2. The van der Waals surface area contributed by atoms with Crippen LogP contribution < -0.4 is 10.6 Å². The number of benzene rings is 3. The van der Waals surface area contributed by atoms with Crippen LogP contribution >= 0.6 is 0 Å². The number of carbonyl (C=O) groups is 2. The minimum atomic E-state index is -0.0000630. The molecule has 0 bridgehead atoms. The second-order valence-electron chi connectivity index (χ2n) is 8.05. The molecule has 30 heavy (non-hydrogen) atoms. The molecule has 0 radical (unpaired) electrons. The fraction of sp³-hybridized carbons (Fsp3) is 0.308. The van der Waals surface area contributed by atoms with Crippen molar-refractivity contribution in [2.24, 2.45) is 0 Å². The average molecular weight is 401 g/mol. The zero-order chi connectivity index (χ0) is 20.8. The lowest BCUT2D eigenvalue weighted by Crippen LogP contribution is -2.36. The molecule has 0 saturated heterocycles. The van der Waals surface area contributed by atoms with Gasteiger partial charge in [-0.15, -0.1) is 0 Å². The minimum absolute atomic E-state index is 0.0000630. The molecule has 1 fully saturated rings. The first-order chi connectivity index (χ1) is 14.7. The van der Waals surface area contributed by atoms with Crippen molar-refractivity contribution < 1.29 is 9.59 Å². The molecule has 3 aromatic carbocycles. The molecule has 1 aliphatic rings. The van der Waals surface area contributed by atoms with Gasteiger partial charge in [0.05, 0.1) is 0 Å². The van der Waals surface area contributed by atoms with Crippen molar-refractivity contribution in [3.05, 3.63) is 77.9 Å². The molecule has 0 aliphatic heterocycles. The molecule has 1 saturated carbocycles. The zero-order valence-electron chi connectivity index (χ0n) is 17.2. The predicted molar refractivity (Wildman–Crippen MR) is 122 cm³/mol. The van der Waals surface area contributed by atoms with E-state index < -0.39 is 0 Å². The molecule has 0 atom stereocenters. The molecular weight excluding hydrogens is 372 g/mol. The second-order valence-corrected chi connectivity index (χ2v) is 8.05. The van der Waals surface area contributed by atoms with Gasteiger partial charge in [-0.1, -0.05) is 55.7 Å². The Hall–Kier alpha value is -3.14. The van der Waals surface area contributed by atoms with E-state index in [0.717, 1.165) is 34.9 Å². The Labute approximate surface area is 177 Å². The Kier molecular flexibility index (Phi) is 6.43. The van der Waals surface area contributed by atoms with Gasteiger partial charge >= 0.3 is 0 Å².